The molecular formula is C23H27N9O7S3. The number of nitrogens with one attached hydrogen (secondary N) is 2. The number of hydrogen-bond donors (Lipinski definition) is 6. The molecule has 9 N–H and O–H groups in total. The fourth-order valence-electron chi connectivity index (χ4n) is 4.84. The summed E-state index contributed by atoms with van der Waals surface area (Å²) in [6.07, 6.45) is 1.23. The van der Waals surface area contributed by atoms with E-state index in [1.807, 2.05) is 0 Å². The lowest BCUT2D eigenvalue weighted by molar-refractivity contribution is -0.885. The van der Waals surface area contributed by atoms with Gasteiger partial charge in [0.05, 0.1) is 17.2 Å². The highest BCUT2D eigenvalue weighted by Gasteiger charge is 2.53. The fraction of sp³-hybridized carbons (Fsp3) is 0.435. The van der Waals surface area contributed by atoms with Crippen molar-refractivity contribution in [3.05, 3.63) is 33.6 Å². The number of aromatic nitrogens is 1. The van der Waals surface area contributed by atoms with Gasteiger partial charge < -0.3 is 36.6 Å². The number of quaternary nitrogens is 1. The van der Waals surface area contributed by atoms with Crippen LogP contribution in [0.15, 0.2) is 38.1 Å². The zero-order valence-corrected chi connectivity index (χ0v) is 24.5. The maximum absolute atomic E-state index is 13.2. The van der Waals surface area contributed by atoms with E-state index in [0.29, 0.717) is 16.4 Å². The quantitative estimate of drug-likeness (QED) is 0.0644. The Balaban J connectivity index is 1.29. The van der Waals surface area contributed by atoms with Crippen LogP contribution in [0.5, 0.6) is 0 Å². The van der Waals surface area contributed by atoms with Crippen LogP contribution in [0.3, 0.4) is 0 Å². The number of oxime groups is 1. The Bertz CT molecular complexity index is 1470. The van der Waals surface area contributed by atoms with E-state index in [0.717, 1.165) is 46.8 Å². The van der Waals surface area contributed by atoms with E-state index in [1.165, 1.54) is 35.8 Å². The first kappa shape index (κ1) is 29.8. The molecule has 5 atom stereocenters. The number of carboxylic acid groups (broad SMARTS) is 2. The molecule has 1 aromatic heterocycles. The van der Waals surface area contributed by atoms with Crippen LogP contribution in [0, 0.1) is 0 Å². The summed E-state index contributed by atoms with van der Waals surface area (Å²) in [6, 6.07) is -1.09. The highest BCUT2D eigenvalue weighted by atomic mass is 32.2. The molecule has 0 spiro atoms. The molecule has 4 heterocycles. The summed E-state index contributed by atoms with van der Waals surface area (Å²) in [6.45, 7) is 1.22. The number of thioether (sulfide) groups is 2. The number of nitrogens with zero attached hydrogens (tertiary/aromatic N) is 4. The Hall–Kier alpha value is -3.65. The number of rotatable bonds is 10. The second kappa shape index (κ2) is 11.9. The molecule has 1 aromatic rings. The number of β-lactam (4-membered cyclic amide) rings is 1. The van der Waals surface area contributed by atoms with E-state index in [-0.39, 0.29) is 28.0 Å². The van der Waals surface area contributed by atoms with Crippen LogP contribution in [-0.2, 0) is 24.0 Å². The zero-order valence-electron chi connectivity index (χ0n) is 22.1. The summed E-state index contributed by atoms with van der Waals surface area (Å²) in [5, 5.41) is 28.9. The molecule has 5 rings (SSSR count). The van der Waals surface area contributed by atoms with Gasteiger partial charge >= 0.3 is 5.97 Å². The van der Waals surface area contributed by atoms with Gasteiger partial charge in [-0.25, -0.2) is 14.8 Å². The van der Waals surface area contributed by atoms with Crippen LogP contribution >= 0.6 is 34.9 Å². The minimum Gasteiger partial charge on any atom is -0.543 e. The van der Waals surface area contributed by atoms with E-state index < -0.39 is 52.5 Å². The van der Waals surface area contributed by atoms with Gasteiger partial charge in [-0.3, -0.25) is 14.5 Å². The minimum absolute atomic E-state index is 0.0183. The van der Waals surface area contributed by atoms with Crippen molar-refractivity contribution in [2.45, 2.75) is 49.2 Å². The third kappa shape index (κ3) is 5.56. The molecule has 0 radical (unpaired) electrons. The van der Waals surface area contributed by atoms with Crippen LogP contribution in [-0.4, -0.2) is 84.8 Å². The summed E-state index contributed by atoms with van der Waals surface area (Å²) in [5.74, 6) is 2.91. The van der Waals surface area contributed by atoms with Crippen molar-refractivity contribution in [3.63, 3.8) is 0 Å². The molecule has 1 saturated heterocycles. The average molecular weight is 638 g/mol. The molecule has 2 amide bonds. The number of aliphatic carboxylic acids is 2. The van der Waals surface area contributed by atoms with Gasteiger partial charge in [-0.1, -0.05) is 16.9 Å². The van der Waals surface area contributed by atoms with Crippen molar-refractivity contribution in [2.75, 3.05) is 17.2 Å². The Labute approximate surface area is 251 Å². The molecule has 0 aromatic carbocycles. The number of carbonyl (C=O) groups is 4. The van der Waals surface area contributed by atoms with Crippen molar-refractivity contribution in [3.8, 4) is 0 Å². The SMILES string of the molecule is C[C@@H](O/N=C(\C(=O)NC1C(=O)N2C(C(=O)[O-])=C(CSC3N=C(N)C4=C(CCC4)[NH+]3N)CS[C@H]12)c1csc(N)n1)C(=O)O. The molecular weight excluding hydrogens is 611 g/mol. The summed E-state index contributed by atoms with van der Waals surface area (Å²) >= 11 is 3.61. The molecule has 1 aliphatic carbocycles. The van der Waals surface area contributed by atoms with Crippen LogP contribution in [0.1, 0.15) is 31.9 Å². The number of amidine groups is 1. The van der Waals surface area contributed by atoms with Crippen molar-refractivity contribution in [1.29, 1.82) is 0 Å². The second-order valence-corrected chi connectivity index (χ2v) is 12.7. The largest absolute Gasteiger partial charge is 0.543 e. The third-order valence-corrected chi connectivity index (χ3v) is 10.2. The molecule has 3 unspecified atom stereocenters. The molecule has 0 saturated carbocycles. The Morgan fingerprint density at radius 3 is 2.81 bits per heavy atom. The third-order valence-electron chi connectivity index (χ3n) is 6.97. The second-order valence-electron chi connectivity index (χ2n) is 9.64. The summed E-state index contributed by atoms with van der Waals surface area (Å²) in [4.78, 5) is 64.1. The van der Waals surface area contributed by atoms with E-state index in [1.54, 1.807) is 0 Å². The molecule has 42 heavy (non-hydrogen) atoms. The predicted molar refractivity (Wildman–Crippen MR) is 152 cm³/mol. The number of thiazole rings is 1. The molecule has 19 heteroatoms. The van der Waals surface area contributed by atoms with Crippen molar-refractivity contribution in [2.24, 2.45) is 21.7 Å². The van der Waals surface area contributed by atoms with Crippen LogP contribution < -0.4 is 32.7 Å². The molecule has 3 aliphatic heterocycles. The summed E-state index contributed by atoms with van der Waals surface area (Å²) in [5.41, 5.74) is 13.1. The van der Waals surface area contributed by atoms with Gasteiger partial charge in [-0.15, -0.1) is 23.1 Å². The van der Waals surface area contributed by atoms with Crippen molar-refractivity contribution >= 4 is 75.3 Å². The van der Waals surface area contributed by atoms with Gasteiger partial charge in [-0.2, -0.15) is 10.8 Å². The molecule has 0 bridgehead atoms. The number of aliphatic imine (C=N–C) groups is 1. The Kier molecular flexibility index (Phi) is 8.46. The molecule has 1 fully saturated rings. The van der Waals surface area contributed by atoms with Crippen molar-refractivity contribution < 1.29 is 39.2 Å². The van der Waals surface area contributed by atoms with Crippen LogP contribution in [0.2, 0.25) is 0 Å². The fourth-order valence-corrected chi connectivity index (χ4v) is 7.98. The first-order valence-electron chi connectivity index (χ1n) is 12.6. The maximum Gasteiger partial charge on any atom is 0.347 e. The Morgan fingerprint density at radius 1 is 1.38 bits per heavy atom. The Morgan fingerprint density at radius 2 is 2.14 bits per heavy atom. The first-order valence-corrected chi connectivity index (χ1v) is 15.6. The van der Waals surface area contributed by atoms with Gasteiger partial charge in [0.1, 0.15) is 28.6 Å². The number of anilines is 1. The average Bonchev–Trinajstić information content (AvgIpc) is 3.62. The van der Waals surface area contributed by atoms with Gasteiger partial charge in [0.2, 0.25) is 6.10 Å². The lowest BCUT2D eigenvalue weighted by atomic mass is 10.0. The van der Waals surface area contributed by atoms with Gasteiger partial charge in [0.15, 0.2) is 10.8 Å². The van der Waals surface area contributed by atoms with Gasteiger partial charge in [-0.05, 0) is 25.3 Å². The molecule has 16 nitrogen and oxygen atoms in total. The zero-order chi connectivity index (χ0) is 30.3. The number of amides is 2. The number of carbonyl (C=O) groups excluding carboxylic acids is 3. The van der Waals surface area contributed by atoms with Gasteiger partial charge in [0, 0.05) is 23.3 Å². The number of allylic oxidation sites excluding steroid dienone is 1. The number of carboxylic acids is 2. The smallest absolute Gasteiger partial charge is 0.347 e. The number of nitrogen functional groups attached to an aromatic ring is 1. The molecule has 4 aliphatic rings. The van der Waals surface area contributed by atoms with E-state index >= 15 is 0 Å². The van der Waals surface area contributed by atoms with E-state index in [2.05, 4.69) is 20.4 Å². The van der Waals surface area contributed by atoms with Crippen molar-refractivity contribution in [1.82, 2.24) is 15.2 Å². The highest BCUT2D eigenvalue weighted by molar-refractivity contribution is 8.01. The van der Waals surface area contributed by atoms with Crippen LogP contribution in [0.4, 0.5) is 5.13 Å². The van der Waals surface area contributed by atoms with Gasteiger partial charge in [0.25, 0.3) is 17.3 Å². The first-order chi connectivity index (χ1) is 20.0. The topological polar surface area (TPSA) is 256 Å². The lowest BCUT2D eigenvalue weighted by Crippen LogP contribution is -3.19. The summed E-state index contributed by atoms with van der Waals surface area (Å²) in [7, 11) is 0. The predicted octanol–water partition coefficient (Wildman–Crippen LogP) is -3.09. The number of nitrogens with two attached hydrogens (primary N) is 3. The summed E-state index contributed by atoms with van der Waals surface area (Å²) < 4.78 is 0. The van der Waals surface area contributed by atoms with Crippen LogP contribution in [0.25, 0.3) is 0 Å². The number of fused-ring (bicyclic) bond motifs is 1. The minimum atomic E-state index is -1.52. The molecule has 224 valence electrons. The maximum atomic E-state index is 13.2. The standard InChI is InChI=1S/C23H27N9O7S3/c1-8(20(35)36)39-30-13(11-7-41-22(25)27-11)17(33)28-14-18(34)31-15(21(37)38)9(5-40-19(14)31)6-42-23-29-16(24)10-3-2-4-12(10)32(23)26/h7-8,14,19,23H,2-6,26H2,1H3,(H2,24,29)(H2,25,27)(H,28,33)(H,35,36)(H,37,38)/b30-13-/t8-,14?,19-,23?/m1/s1. The van der Waals surface area contributed by atoms with E-state index in [9.17, 15) is 24.3 Å². The normalized spacial score (nSPS) is 26.2. The lowest BCUT2D eigenvalue weighted by Gasteiger charge is -2.50. The number of hydrogen-bond acceptors (Lipinski definition) is 15. The monoisotopic (exact) mass is 637 g/mol. The van der Waals surface area contributed by atoms with E-state index in [4.69, 9.17) is 27.3 Å². The highest BCUT2D eigenvalue weighted by Crippen LogP contribution is 2.41.